The molecule has 0 N–H and O–H groups in total. The monoisotopic (exact) mass is 425 g/mol. The molecular formula is C17H20IN3O2. The molecule has 0 bridgehead atoms. The maximum Gasteiger partial charge on any atom is 0.331 e. The lowest BCUT2D eigenvalue weighted by atomic mass is 10.2. The summed E-state index contributed by atoms with van der Waals surface area (Å²) in [5, 5.41) is 0. The Bertz CT molecular complexity index is 709. The number of ether oxygens (including phenoxy) is 1. The van der Waals surface area contributed by atoms with Crippen LogP contribution in [-0.4, -0.2) is 38.9 Å². The fourth-order valence-corrected chi connectivity index (χ4v) is 3.15. The molecule has 2 heterocycles. The highest BCUT2D eigenvalue weighted by Gasteiger charge is 2.42. The van der Waals surface area contributed by atoms with Crippen LogP contribution < -0.4 is 0 Å². The zero-order valence-electron chi connectivity index (χ0n) is 13.5. The van der Waals surface area contributed by atoms with Gasteiger partial charge in [0.1, 0.15) is 12.1 Å². The second-order valence-corrected chi connectivity index (χ2v) is 7.41. The molecule has 1 aliphatic heterocycles. The molecule has 1 aromatic heterocycles. The van der Waals surface area contributed by atoms with Crippen LogP contribution in [0.25, 0.3) is 11.3 Å². The Morgan fingerprint density at radius 2 is 2.09 bits per heavy atom. The Hall–Kier alpha value is -1.41. The summed E-state index contributed by atoms with van der Waals surface area (Å²) in [6, 6.07) is 7.97. The first kappa shape index (κ1) is 16.4. The number of aromatic nitrogens is 2. The molecule has 122 valence electrons. The van der Waals surface area contributed by atoms with Gasteiger partial charge in [-0.05, 0) is 55.0 Å². The molecule has 1 amide bonds. The molecule has 1 atom stereocenters. The van der Waals surface area contributed by atoms with Gasteiger partial charge in [-0.1, -0.05) is 19.1 Å². The quantitative estimate of drug-likeness (QED) is 0.685. The highest BCUT2D eigenvalue weighted by molar-refractivity contribution is 14.1. The lowest BCUT2D eigenvalue weighted by Crippen LogP contribution is -2.45. The third kappa shape index (κ3) is 3.28. The van der Waals surface area contributed by atoms with Crippen LogP contribution in [0.5, 0.6) is 0 Å². The van der Waals surface area contributed by atoms with Crippen molar-refractivity contribution in [1.82, 2.24) is 14.5 Å². The van der Waals surface area contributed by atoms with Gasteiger partial charge in [-0.3, -0.25) is 9.47 Å². The van der Waals surface area contributed by atoms with Crippen molar-refractivity contribution in [3.63, 3.8) is 0 Å². The number of carbonyl (C=O) groups is 1. The Morgan fingerprint density at radius 3 is 2.70 bits per heavy atom. The summed E-state index contributed by atoms with van der Waals surface area (Å²) in [4.78, 5) is 18.9. The maximum atomic E-state index is 12.8. The van der Waals surface area contributed by atoms with Gasteiger partial charge in [0.2, 0.25) is 0 Å². The molecule has 0 spiro atoms. The number of halogens is 1. The van der Waals surface area contributed by atoms with Crippen molar-refractivity contribution in [3.8, 4) is 11.3 Å². The van der Waals surface area contributed by atoms with Crippen LogP contribution in [0, 0.1) is 3.57 Å². The predicted molar refractivity (Wildman–Crippen MR) is 97.1 cm³/mol. The zero-order chi connectivity index (χ0) is 16.6. The van der Waals surface area contributed by atoms with E-state index in [0.717, 1.165) is 17.7 Å². The topological polar surface area (TPSA) is 47.4 Å². The van der Waals surface area contributed by atoms with Crippen molar-refractivity contribution < 1.29 is 9.53 Å². The van der Waals surface area contributed by atoms with E-state index in [1.54, 1.807) is 17.4 Å². The average molecular weight is 425 g/mol. The summed E-state index contributed by atoms with van der Waals surface area (Å²) < 4.78 is 8.64. The zero-order valence-corrected chi connectivity index (χ0v) is 15.6. The van der Waals surface area contributed by atoms with Crippen LogP contribution in [0.15, 0.2) is 36.8 Å². The molecule has 1 fully saturated rings. The van der Waals surface area contributed by atoms with E-state index in [1.807, 2.05) is 38.1 Å². The van der Waals surface area contributed by atoms with Gasteiger partial charge in [-0.2, -0.15) is 0 Å². The minimum absolute atomic E-state index is 0.0909. The van der Waals surface area contributed by atoms with Gasteiger partial charge in [-0.15, -0.1) is 0 Å². The van der Waals surface area contributed by atoms with Crippen LogP contribution >= 0.6 is 22.6 Å². The van der Waals surface area contributed by atoms with Gasteiger partial charge in [0, 0.05) is 15.3 Å². The fraction of sp³-hybridized carbons (Fsp3) is 0.412. The molecule has 1 unspecified atom stereocenters. The lowest BCUT2D eigenvalue weighted by molar-refractivity contribution is -0.0607. The number of carbonyl (C=O) groups excluding carboxylic acids is 1. The molecule has 0 radical (unpaired) electrons. The number of benzene rings is 1. The molecule has 1 aromatic carbocycles. The molecule has 1 saturated heterocycles. The smallest absolute Gasteiger partial charge is 0.331 e. The van der Waals surface area contributed by atoms with Crippen molar-refractivity contribution in [3.05, 3.63) is 40.4 Å². The SMILES string of the molecule is CCC1CN(C(=O)n2cnc(-c3ccc(I)cc3)c2)C(C)(C)O1. The molecule has 6 heteroatoms. The number of hydrogen-bond donors (Lipinski definition) is 0. The van der Waals surface area contributed by atoms with E-state index in [0.29, 0.717) is 6.54 Å². The first-order valence-electron chi connectivity index (χ1n) is 7.70. The van der Waals surface area contributed by atoms with Crippen molar-refractivity contribution in [2.24, 2.45) is 0 Å². The van der Waals surface area contributed by atoms with Gasteiger partial charge in [0.25, 0.3) is 0 Å². The van der Waals surface area contributed by atoms with E-state index < -0.39 is 5.72 Å². The molecule has 1 aliphatic rings. The van der Waals surface area contributed by atoms with E-state index in [-0.39, 0.29) is 12.1 Å². The van der Waals surface area contributed by atoms with E-state index in [2.05, 4.69) is 34.5 Å². The highest BCUT2D eigenvalue weighted by atomic mass is 127. The summed E-state index contributed by atoms with van der Waals surface area (Å²) in [6.07, 6.45) is 4.34. The molecule has 5 nitrogen and oxygen atoms in total. The highest BCUT2D eigenvalue weighted by Crippen LogP contribution is 2.29. The van der Waals surface area contributed by atoms with Crippen LogP contribution in [0.1, 0.15) is 27.2 Å². The lowest BCUT2D eigenvalue weighted by Gasteiger charge is -2.29. The molecular weight excluding hydrogens is 405 g/mol. The van der Waals surface area contributed by atoms with Crippen LogP contribution in [0.4, 0.5) is 4.79 Å². The standard InChI is InChI=1S/C17H20IN3O2/c1-4-14-9-21(17(2,3)23-14)16(22)20-10-15(19-11-20)12-5-7-13(18)8-6-12/h5-8,10-11,14H,4,9H2,1-3H3. The van der Waals surface area contributed by atoms with Gasteiger partial charge >= 0.3 is 6.03 Å². The first-order valence-corrected chi connectivity index (χ1v) is 8.78. The van der Waals surface area contributed by atoms with Gasteiger partial charge < -0.3 is 4.74 Å². The maximum absolute atomic E-state index is 12.8. The van der Waals surface area contributed by atoms with E-state index in [1.165, 1.54) is 8.14 Å². The summed E-state index contributed by atoms with van der Waals surface area (Å²) in [7, 11) is 0. The minimum atomic E-state index is -0.592. The Kier molecular flexibility index (Phi) is 4.46. The van der Waals surface area contributed by atoms with Gasteiger partial charge in [0.15, 0.2) is 0 Å². The molecule has 3 rings (SSSR count). The Morgan fingerprint density at radius 1 is 1.39 bits per heavy atom. The molecule has 23 heavy (non-hydrogen) atoms. The third-order valence-corrected chi connectivity index (χ3v) is 4.84. The van der Waals surface area contributed by atoms with Crippen molar-refractivity contribution >= 4 is 28.6 Å². The minimum Gasteiger partial charge on any atom is -0.351 e. The third-order valence-electron chi connectivity index (χ3n) is 4.12. The normalized spacial score (nSPS) is 20.0. The Labute approximate surface area is 149 Å². The largest absolute Gasteiger partial charge is 0.351 e. The van der Waals surface area contributed by atoms with E-state index in [4.69, 9.17) is 4.74 Å². The molecule has 0 saturated carbocycles. The van der Waals surface area contributed by atoms with Crippen LogP contribution in [0.3, 0.4) is 0 Å². The average Bonchev–Trinajstić information content (AvgIpc) is 3.11. The van der Waals surface area contributed by atoms with Gasteiger partial charge in [-0.25, -0.2) is 9.78 Å². The number of hydrogen-bond acceptors (Lipinski definition) is 3. The van der Waals surface area contributed by atoms with Crippen LogP contribution in [0.2, 0.25) is 0 Å². The number of rotatable bonds is 2. The van der Waals surface area contributed by atoms with Crippen molar-refractivity contribution in [2.45, 2.75) is 39.0 Å². The first-order chi connectivity index (χ1) is 10.9. The second-order valence-electron chi connectivity index (χ2n) is 6.16. The van der Waals surface area contributed by atoms with E-state index >= 15 is 0 Å². The number of nitrogens with zero attached hydrogens (tertiary/aromatic N) is 3. The predicted octanol–water partition coefficient (Wildman–Crippen LogP) is 3.97. The van der Waals surface area contributed by atoms with Crippen molar-refractivity contribution in [2.75, 3.05) is 6.54 Å². The van der Waals surface area contributed by atoms with Gasteiger partial charge in [0.05, 0.1) is 18.3 Å². The summed E-state index contributed by atoms with van der Waals surface area (Å²) >= 11 is 2.27. The van der Waals surface area contributed by atoms with E-state index in [9.17, 15) is 4.79 Å². The number of amides is 1. The summed E-state index contributed by atoms with van der Waals surface area (Å²) in [5.74, 6) is 0. The fourth-order valence-electron chi connectivity index (χ4n) is 2.79. The van der Waals surface area contributed by atoms with Crippen LogP contribution in [-0.2, 0) is 4.74 Å². The Balaban J connectivity index is 1.83. The summed E-state index contributed by atoms with van der Waals surface area (Å²) in [6.45, 7) is 6.54. The molecule has 2 aromatic rings. The number of imidazole rings is 1. The molecule has 0 aliphatic carbocycles. The van der Waals surface area contributed by atoms with Crippen molar-refractivity contribution in [1.29, 1.82) is 0 Å². The summed E-state index contributed by atoms with van der Waals surface area (Å²) in [5.41, 5.74) is 1.20. The second kappa shape index (κ2) is 6.24.